The van der Waals surface area contributed by atoms with E-state index in [9.17, 15) is 0 Å². The van der Waals surface area contributed by atoms with Gasteiger partial charge >= 0.3 is 0 Å². The lowest BCUT2D eigenvalue weighted by Crippen LogP contribution is -2.59. The first-order valence-corrected chi connectivity index (χ1v) is 8.50. The summed E-state index contributed by atoms with van der Waals surface area (Å²) in [5.74, 6) is 1.23. The minimum atomic E-state index is 0.0451. The first-order chi connectivity index (χ1) is 9.86. The SMILES string of the molecule is CC1CC(C)(C)CCC12CN=C(N)N2c1ccccc1Br. The first kappa shape index (κ1) is 14.9. The molecule has 4 heteroatoms. The first-order valence-electron chi connectivity index (χ1n) is 7.70. The number of rotatable bonds is 1. The van der Waals surface area contributed by atoms with Crippen molar-refractivity contribution < 1.29 is 0 Å². The van der Waals surface area contributed by atoms with Gasteiger partial charge in [-0.2, -0.15) is 0 Å². The van der Waals surface area contributed by atoms with Crippen molar-refractivity contribution in [2.75, 3.05) is 11.4 Å². The molecule has 1 aliphatic carbocycles. The van der Waals surface area contributed by atoms with E-state index in [1.165, 1.54) is 12.8 Å². The fourth-order valence-corrected chi connectivity index (χ4v) is 4.54. The second-order valence-electron chi connectivity index (χ2n) is 7.33. The molecule has 3 rings (SSSR count). The van der Waals surface area contributed by atoms with Gasteiger partial charge in [-0.25, -0.2) is 0 Å². The van der Waals surface area contributed by atoms with E-state index in [1.54, 1.807) is 0 Å². The van der Waals surface area contributed by atoms with Crippen LogP contribution in [0.3, 0.4) is 0 Å². The molecule has 1 aliphatic heterocycles. The molecule has 2 N–H and O–H groups in total. The number of hydrogen-bond donors (Lipinski definition) is 1. The summed E-state index contributed by atoms with van der Waals surface area (Å²) >= 11 is 3.67. The number of nitrogens with two attached hydrogens (primary N) is 1. The van der Waals surface area contributed by atoms with Crippen molar-refractivity contribution in [3.63, 3.8) is 0 Å². The van der Waals surface area contributed by atoms with E-state index >= 15 is 0 Å². The number of halogens is 1. The Kier molecular flexibility index (Phi) is 3.55. The lowest BCUT2D eigenvalue weighted by molar-refractivity contribution is 0.114. The van der Waals surface area contributed by atoms with Crippen molar-refractivity contribution in [1.29, 1.82) is 0 Å². The van der Waals surface area contributed by atoms with Crippen molar-refractivity contribution >= 4 is 27.6 Å². The summed E-state index contributed by atoms with van der Waals surface area (Å²) in [7, 11) is 0. The lowest BCUT2D eigenvalue weighted by Gasteiger charge is -2.51. The molecule has 2 unspecified atom stereocenters. The highest BCUT2D eigenvalue weighted by atomic mass is 79.9. The molecule has 0 aromatic heterocycles. The summed E-state index contributed by atoms with van der Waals surface area (Å²) in [6.45, 7) is 7.92. The number of guanidine groups is 1. The van der Waals surface area contributed by atoms with E-state index in [4.69, 9.17) is 5.73 Å². The van der Waals surface area contributed by atoms with Gasteiger partial charge in [0.2, 0.25) is 0 Å². The quantitative estimate of drug-likeness (QED) is 0.826. The van der Waals surface area contributed by atoms with Crippen molar-refractivity contribution in [2.45, 2.75) is 45.6 Å². The molecule has 21 heavy (non-hydrogen) atoms. The van der Waals surface area contributed by atoms with Crippen LogP contribution in [0.15, 0.2) is 33.7 Å². The van der Waals surface area contributed by atoms with Crippen molar-refractivity contribution in [3.8, 4) is 0 Å². The zero-order valence-electron chi connectivity index (χ0n) is 13.1. The van der Waals surface area contributed by atoms with Gasteiger partial charge in [0.05, 0.1) is 17.8 Å². The van der Waals surface area contributed by atoms with Crippen LogP contribution in [0.25, 0.3) is 0 Å². The maximum Gasteiger partial charge on any atom is 0.196 e. The second-order valence-corrected chi connectivity index (χ2v) is 8.19. The highest BCUT2D eigenvalue weighted by Crippen LogP contribution is 2.50. The van der Waals surface area contributed by atoms with Crippen LogP contribution in [0.5, 0.6) is 0 Å². The molecule has 1 fully saturated rings. The number of hydrogen-bond acceptors (Lipinski definition) is 3. The minimum Gasteiger partial charge on any atom is -0.369 e. The molecule has 1 saturated carbocycles. The highest BCUT2D eigenvalue weighted by Gasteiger charge is 2.51. The molecule has 1 aromatic rings. The van der Waals surface area contributed by atoms with Crippen LogP contribution < -0.4 is 10.6 Å². The van der Waals surface area contributed by atoms with E-state index in [0.29, 0.717) is 17.3 Å². The van der Waals surface area contributed by atoms with Crippen molar-refractivity contribution in [3.05, 3.63) is 28.7 Å². The van der Waals surface area contributed by atoms with E-state index in [-0.39, 0.29) is 5.54 Å². The van der Waals surface area contributed by atoms with Crippen LogP contribution in [-0.2, 0) is 0 Å². The summed E-state index contributed by atoms with van der Waals surface area (Å²) in [4.78, 5) is 6.90. The maximum atomic E-state index is 6.27. The number of nitrogens with zero attached hydrogens (tertiary/aromatic N) is 2. The average molecular weight is 350 g/mol. The molecule has 1 aromatic carbocycles. The molecule has 0 saturated heterocycles. The molecule has 2 aliphatic rings. The third-order valence-corrected chi connectivity index (χ3v) is 5.96. The summed E-state index contributed by atoms with van der Waals surface area (Å²) in [5, 5.41) is 0. The van der Waals surface area contributed by atoms with Gasteiger partial charge in [-0.05, 0) is 58.7 Å². The van der Waals surface area contributed by atoms with Gasteiger partial charge in [0.25, 0.3) is 0 Å². The molecule has 114 valence electrons. The molecule has 2 atom stereocenters. The zero-order valence-corrected chi connectivity index (χ0v) is 14.7. The summed E-state index contributed by atoms with van der Waals surface area (Å²) in [6.07, 6.45) is 3.59. The molecule has 1 heterocycles. The Balaban J connectivity index is 2.02. The summed E-state index contributed by atoms with van der Waals surface area (Å²) in [6, 6.07) is 8.31. The van der Waals surface area contributed by atoms with Crippen molar-refractivity contribution in [2.24, 2.45) is 22.1 Å². The standard InChI is InChI=1S/C17H24BrN3/c1-12-10-16(2,3)8-9-17(12)11-20-15(19)21(17)14-7-5-4-6-13(14)18/h4-7,12H,8-11H2,1-3H3,(H2,19,20). The molecule has 0 amide bonds. The topological polar surface area (TPSA) is 41.6 Å². The molecular weight excluding hydrogens is 326 g/mol. The number of para-hydroxylation sites is 1. The van der Waals surface area contributed by atoms with Gasteiger partial charge in [0.15, 0.2) is 5.96 Å². The smallest absolute Gasteiger partial charge is 0.196 e. The van der Waals surface area contributed by atoms with Crippen LogP contribution in [0.2, 0.25) is 0 Å². The van der Waals surface area contributed by atoms with Gasteiger partial charge in [-0.1, -0.05) is 32.9 Å². The van der Waals surface area contributed by atoms with Crippen LogP contribution in [0.1, 0.15) is 40.0 Å². The molecular formula is C17H24BrN3. The molecule has 0 radical (unpaired) electrons. The third kappa shape index (κ3) is 2.37. The van der Waals surface area contributed by atoms with Crippen molar-refractivity contribution in [1.82, 2.24) is 0 Å². The Morgan fingerprint density at radius 3 is 2.67 bits per heavy atom. The van der Waals surface area contributed by atoms with E-state index < -0.39 is 0 Å². The Morgan fingerprint density at radius 2 is 2.00 bits per heavy atom. The molecule has 1 spiro atoms. The van der Waals surface area contributed by atoms with Gasteiger partial charge in [0.1, 0.15) is 0 Å². The lowest BCUT2D eigenvalue weighted by atomic mass is 9.63. The fraction of sp³-hybridized carbons (Fsp3) is 0.588. The fourth-order valence-electron chi connectivity index (χ4n) is 4.07. The predicted octanol–water partition coefficient (Wildman–Crippen LogP) is 4.17. The second kappa shape index (κ2) is 5.01. The Bertz CT molecular complexity index is 581. The van der Waals surface area contributed by atoms with E-state index in [2.05, 4.69) is 64.8 Å². The maximum absolute atomic E-state index is 6.27. The Labute approximate surface area is 135 Å². The normalized spacial score (nSPS) is 31.5. The summed E-state index contributed by atoms with van der Waals surface area (Å²) < 4.78 is 1.08. The van der Waals surface area contributed by atoms with E-state index in [0.717, 1.165) is 23.1 Å². The zero-order chi connectivity index (χ0) is 15.3. The van der Waals surface area contributed by atoms with Gasteiger partial charge < -0.3 is 10.6 Å². The molecule has 3 nitrogen and oxygen atoms in total. The predicted molar refractivity (Wildman–Crippen MR) is 92.6 cm³/mol. The number of anilines is 1. The third-order valence-electron chi connectivity index (χ3n) is 5.29. The largest absolute Gasteiger partial charge is 0.369 e. The highest BCUT2D eigenvalue weighted by molar-refractivity contribution is 9.10. The Morgan fingerprint density at radius 1 is 1.29 bits per heavy atom. The van der Waals surface area contributed by atoms with Crippen LogP contribution in [0, 0.1) is 11.3 Å². The molecule has 0 bridgehead atoms. The van der Waals surface area contributed by atoms with Gasteiger partial charge in [0, 0.05) is 4.47 Å². The van der Waals surface area contributed by atoms with E-state index in [1.807, 2.05) is 6.07 Å². The monoisotopic (exact) mass is 349 g/mol. The van der Waals surface area contributed by atoms with Crippen LogP contribution >= 0.6 is 15.9 Å². The number of benzene rings is 1. The van der Waals surface area contributed by atoms with Gasteiger partial charge in [-0.3, -0.25) is 4.99 Å². The average Bonchev–Trinajstić information content (AvgIpc) is 2.74. The minimum absolute atomic E-state index is 0.0451. The Hall–Kier alpha value is -1.03. The van der Waals surface area contributed by atoms with Gasteiger partial charge in [-0.15, -0.1) is 0 Å². The van der Waals surface area contributed by atoms with Crippen LogP contribution in [0.4, 0.5) is 5.69 Å². The van der Waals surface area contributed by atoms with Crippen LogP contribution in [-0.4, -0.2) is 18.0 Å². The number of aliphatic imine (C=N–C) groups is 1. The summed E-state index contributed by atoms with van der Waals surface area (Å²) in [5.41, 5.74) is 7.88.